The molecule has 1 aromatic heterocycles. The van der Waals surface area contributed by atoms with Gasteiger partial charge in [0.15, 0.2) is 6.29 Å². The van der Waals surface area contributed by atoms with E-state index >= 15 is 0 Å². The molecule has 0 fully saturated rings. The Morgan fingerprint density at radius 2 is 2.23 bits per heavy atom. The summed E-state index contributed by atoms with van der Waals surface area (Å²) in [6, 6.07) is 3.97. The fourth-order valence-corrected chi connectivity index (χ4v) is 2.02. The van der Waals surface area contributed by atoms with Crippen LogP contribution in [0, 0.1) is 6.92 Å². The van der Waals surface area contributed by atoms with Gasteiger partial charge in [-0.2, -0.15) is 0 Å². The van der Waals surface area contributed by atoms with Crippen molar-refractivity contribution in [2.24, 2.45) is 0 Å². The van der Waals surface area contributed by atoms with Crippen molar-refractivity contribution < 1.29 is 4.79 Å². The number of carbonyl (C=O) groups is 1. The Hall–Kier alpha value is -1.09. The van der Waals surface area contributed by atoms with Crippen molar-refractivity contribution in [1.29, 1.82) is 0 Å². The number of fused-ring (bicyclic) bond motifs is 1. The zero-order chi connectivity index (χ0) is 9.42. The van der Waals surface area contributed by atoms with Gasteiger partial charge in [0.1, 0.15) is 0 Å². The molecule has 0 amide bonds. The smallest absolute Gasteiger partial charge is 0.152 e. The first kappa shape index (κ1) is 8.51. The van der Waals surface area contributed by atoms with Crippen LogP contribution in [0.25, 0.3) is 10.9 Å². The van der Waals surface area contributed by atoms with Crippen LogP contribution in [0.1, 0.15) is 15.9 Å². The van der Waals surface area contributed by atoms with Gasteiger partial charge in [-0.15, -0.1) is 0 Å². The molecule has 0 atom stereocenters. The summed E-state index contributed by atoms with van der Waals surface area (Å²) < 4.78 is 0.955. The number of benzene rings is 1. The van der Waals surface area contributed by atoms with Crippen molar-refractivity contribution >= 4 is 33.1 Å². The summed E-state index contributed by atoms with van der Waals surface area (Å²) in [5, 5.41) is 0.968. The molecule has 0 aliphatic rings. The number of aromatic amines is 1. The van der Waals surface area contributed by atoms with Crippen molar-refractivity contribution in [3.63, 3.8) is 0 Å². The molecule has 0 bridgehead atoms. The molecule has 0 radical (unpaired) electrons. The van der Waals surface area contributed by atoms with Gasteiger partial charge < -0.3 is 4.98 Å². The summed E-state index contributed by atoms with van der Waals surface area (Å²) in [5.41, 5.74) is 2.87. The molecule has 2 aromatic rings. The number of aromatic nitrogens is 1. The summed E-state index contributed by atoms with van der Waals surface area (Å²) in [4.78, 5) is 13.8. The SMILES string of the molecule is Cc1ccc(Br)c2c(C=O)c[nH]c12. The van der Waals surface area contributed by atoms with E-state index < -0.39 is 0 Å². The average molecular weight is 238 g/mol. The van der Waals surface area contributed by atoms with E-state index in [1.807, 2.05) is 19.1 Å². The zero-order valence-corrected chi connectivity index (χ0v) is 8.68. The second-order valence-electron chi connectivity index (χ2n) is 2.98. The number of rotatable bonds is 1. The van der Waals surface area contributed by atoms with E-state index in [-0.39, 0.29) is 0 Å². The highest BCUT2D eigenvalue weighted by molar-refractivity contribution is 9.10. The molecule has 0 saturated heterocycles. The van der Waals surface area contributed by atoms with Crippen LogP contribution in [0.5, 0.6) is 0 Å². The molecule has 2 nitrogen and oxygen atoms in total. The minimum Gasteiger partial charge on any atom is -0.360 e. The highest BCUT2D eigenvalue weighted by atomic mass is 79.9. The quantitative estimate of drug-likeness (QED) is 0.761. The first-order chi connectivity index (χ1) is 6.24. The number of halogens is 1. The molecule has 0 aliphatic heterocycles. The van der Waals surface area contributed by atoms with Crippen LogP contribution in [0.4, 0.5) is 0 Å². The molecule has 0 unspecified atom stereocenters. The molecule has 0 spiro atoms. The second-order valence-corrected chi connectivity index (χ2v) is 3.83. The van der Waals surface area contributed by atoms with Crippen molar-refractivity contribution in [3.8, 4) is 0 Å². The molecule has 0 aliphatic carbocycles. The van der Waals surface area contributed by atoms with E-state index in [1.165, 1.54) is 0 Å². The molecule has 1 N–H and O–H groups in total. The van der Waals surface area contributed by atoms with Gasteiger partial charge in [-0.1, -0.05) is 22.0 Å². The molecular weight excluding hydrogens is 230 g/mol. The van der Waals surface area contributed by atoms with Crippen molar-refractivity contribution in [2.45, 2.75) is 6.92 Å². The van der Waals surface area contributed by atoms with Crippen LogP contribution in [-0.4, -0.2) is 11.3 Å². The predicted octanol–water partition coefficient (Wildman–Crippen LogP) is 3.05. The van der Waals surface area contributed by atoms with Gasteiger partial charge in [-0.25, -0.2) is 0 Å². The maximum Gasteiger partial charge on any atom is 0.152 e. The first-order valence-corrected chi connectivity index (χ1v) is 4.74. The second kappa shape index (κ2) is 3.00. The van der Waals surface area contributed by atoms with Gasteiger partial charge in [0.05, 0.1) is 5.52 Å². The van der Waals surface area contributed by atoms with E-state index in [9.17, 15) is 4.79 Å². The fourth-order valence-electron chi connectivity index (χ4n) is 1.46. The Balaban J connectivity index is 2.95. The Bertz CT molecular complexity index is 473. The van der Waals surface area contributed by atoms with Crippen LogP contribution < -0.4 is 0 Å². The number of aldehydes is 1. The van der Waals surface area contributed by atoms with E-state index in [4.69, 9.17) is 0 Å². The largest absolute Gasteiger partial charge is 0.360 e. The van der Waals surface area contributed by atoms with E-state index in [0.717, 1.165) is 27.2 Å². The minimum atomic E-state index is 0.700. The van der Waals surface area contributed by atoms with Crippen molar-refractivity contribution in [2.75, 3.05) is 0 Å². The van der Waals surface area contributed by atoms with E-state index in [0.29, 0.717) is 5.56 Å². The fraction of sp³-hybridized carbons (Fsp3) is 0.100. The monoisotopic (exact) mass is 237 g/mol. The number of H-pyrrole nitrogens is 1. The zero-order valence-electron chi connectivity index (χ0n) is 7.10. The standard InChI is InChI=1S/C10H8BrNO/c1-6-2-3-8(11)9-7(5-13)4-12-10(6)9/h2-5,12H,1H3. The number of carbonyl (C=O) groups excluding carboxylic acids is 1. The molecular formula is C10H8BrNO. The van der Waals surface area contributed by atoms with Gasteiger partial charge in [0.25, 0.3) is 0 Å². The summed E-state index contributed by atoms with van der Waals surface area (Å²) in [6.45, 7) is 2.01. The van der Waals surface area contributed by atoms with Crippen LogP contribution in [0.2, 0.25) is 0 Å². The Labute approximate surface area is 84.1 Å². The van der Waals surface area contributed by atoms with Gasteiger partial charge in [0, 0.05) is 21.6 Å². The first-order valence-electron chi connectivity index (χ1n) is 3.95. The third kappa shape index (κ3) is 1.20. The lowest BCUT2D eigenvalue weighted by atomic mass is 10.1. The number of hydrogen-bond donors (Lipinski definition) is 1. The van der Waals surface area contributed by atoms with Crippen LogP contribution in [0.15, 0.2) is 22.8 Å². The van der Waals surface area contributed by atoms with Gasteiger partial charge in [-0.3, -0.25) is 4.79 Å². The molecule has 1 heterocycles. The minimum absolute atomic E-state index is 0.700. The van der Waals surface area contributed by atoms with Gasteiger partial charge in [0.2, 0.25) is 0 Å². The number of aryl methyl sites for hydroxylation is 1. The maximum atomic E-state index is 10.7. The Kier molecular flexibility index (Phi) is 1.96. The Morgan fingerprint density at radius 3 is 2.92 bits per heavy atom. The predicted molar refractivity (Wildman–Crippen MR) is 56.1 cm³/mol. The average Bonchev–Trinajstić information content (AvgIpc) is 2.56. The summed E-state index contributed by atoms with van der Waals surface area (Å²) in [7, 11) is 0. The Morgan fingerprint density at radius 1 is 1.46 bits per heavy atom. The van der Waals surface area contributed by atoms with Crippen LogP contribution >= 0.6 is 15.9 Å². The topological polar surface area (TPSA) is 32.9 Å². The molecule has 66 valence electrons. The lowest BCUT2D eigenvalue weighted by Gasteiger charge is -1.98. The van der Waals surface area contributed by atoms with Crippen LogP contribution in [0.3, 0.4) is 0 Å². The summed E-state index contributed by atoms with van der Waals surface area (Å²) in [6.07, 6.45) is 2.60. The molecule has 1 aromatic carbocycles. The van der Waals surface area contributed by atoms with Crippen molar-refractivity contribution in [1.82, 2.24) is 4.98 Å². The lowest BCUT2D eigenvalue weighted by molar-refractivity contribution is 0.112. The van der Waals surface area contributed by atoms with Crippen molar-refractivity contribution in [3.05, 3.63) is 33.9 Å². The highest BCUT2D eigenvalue weighted by Gasteiger charge is 2.07. The maximum absolute atomic E-state index is 10.7. The third-order valence-electron chi connectivity index (χ3n) is 2.15. The van der Waals surface area contributed by atoms with E-state index in [2.05, 4.69) is 20.9 Å². The van der Waals surface area contributed by atoms with Gasteiger partial charge in [-0.05, 0) is 18.6 Å². The normalized spacial score (nSPS) is 10.6. The van der Waals surface area contributed by atoms with Gasteiger partial charge >= 0.3 is 0 Å². The lowest BCUT2D eigenvalue weighted by Crippen LogP contribution is -1.79. The third-order valence-corrected chi connectivity index (χ3v) is 2.81. The number of nitrogens with one attached hydrogen (secondary N) is 1. The molecule has 2 rings (SSSR count). The molecule has 3 heteroatoms. The summed E-state index contributed by atoms with van der Waals surface area (Å²) in [5.74, 6) is 0. The highest BCUT2D eigenvalue weighted by Crippen LogP contribution is 2.28. The van der Waals surface area contributed by atoms with Crippen LogP contribution in [-0.2, 0) is 0 Å². The number of hydrogen-bond acceptors (Lipinski definition) is 1. The van der Waals surface area contributed by atoms with E-state index in [1.54, 1.807) is 6.20 Å². The molecule has 0 saturated carbocycles. The molecule has 13 heavy (non-hydrogen) atoms. The summed E-state index contributed by atoms with van der Waals surface area (Å²) >= 11 is 3.42.